The second-order valence-electron chi connectivity index (χ2n) is 4.80. The van der Waals surface area contributed by atoms with Crippen molar-refractivity contribution in [2.24, 2.45) is 11.0 Å². The number of carbonyl (C=O) groups is 3. The summed E-state index contributed by atoms with van der Waals surface area (Å²) >= 11 is 0. The van der Waals surface area contributed by atoms with Crippen molar-refractivity contribution in [3.8, 4) is 0 Å². The third kappa shape index (κ3) is 6.37. The second kappa shape index (κ2) is 9.10. The summed E-state index contributed by atoms with van der Waals surface area (Å²) in [6.45, 7) is 3.83. The van der Waals surface area contributed by atoms with Gasteiger partial charge in [0, 0.05) is 6.42 Å². The van der Waals surface area contributed by atoms with Gasteiger partial charge in [0.25, 0.3) is 5.91 Å². The molecule has 118 valence electrons. The summed E-state index contributed by atoms with van der Waals surface area (Å²) < 4.78 is 9.57. The van der Waals surface area contributed by atoms with Crippen molar-refractivity contribution in [2.45, 2.75) is 46.0 Å². The Morgan fingerprint density at radius 3 is 2.33 bits per heavy atom. The zero-order valence-electron chi connectivity index (χ0n) is 12.5. The van der Waals surface area contributed by atoms with E-state index in [2.05, 4.69) is 15.3 Å². The van der Waals surface area contributed by atoms with E-state index in [0.717, 1.165) is 19.3 Å². The summed E-state index contributed by atoms with van der Waals surface area (Å²) in [5, 5.41) is 3.81. The van der Waals surface area contributed by atoms with Crippen LogP contribution in [0.5, 0.6) is 0 Å². The molecule has 0 aromatic heterocycles. The van der Waals surface area contributed by atoms with E-state index < -0.39 is 24.3 Å². The predicted molar refractivity (Wildman–Crippen MR) is 75.4 cm³/mol. The van der Waals surface area contributed by atoms with Crippen LogP contribution in [0.1, 0.15) is 46.0 Å². The van der Waals surface area contributed by atoms with E-state index in [-0.39, 0.29) is 18.9 Å². The molecule has 7 heteroatoms. The fourth-order valence-electron chi connectivity index (χ4n) is 1.87. The molecule has 0 aliphatic heterocycles. The smallest absolute Gasteiger partial charge is 0.354 e. The zero-order chi connectivity index (χ0) is 15.7. The van der Waals surface area contributed by atoms with Crippen molar-refractivity contribution in [3.63, 3.8) is 0 Å². The molecule has 0 bridgehead atoms. The van der Waals surface area contributed by atoms with Crippen LogP contribution in [-0.4, -0.2) is 36.8 Å². The number of amides is 1. The van der Waals surface area contributed by atoms with Crippen molar-refractivity contribution in [2.75, 3.05) is 13.2 Å². The maximum Gasteiger partial charge on any atom is 0.354 e. The Balaban J connectivity index is 2.53. The first-order valence-electron chi connectivity index (χ1n) is 7.24. The first kappa shape index (κ1) is 17.1. The predicted octanol–water partition coefficient (Wildman–Crippen LogP) is 1.17. The highest BCUT2D eigenvalue weighted by molar-refractivity contribution is 6.36. The Hall–Kier alpha value is -1.92. The minimum Gasteiger partial charge on any atom is -0.466 e. The van der Waals surface area contributed by atoms with Crippen LogP contribution in [-0.2, 0) is 23.9 Å². The number of nitrogens with zero attached hydrogens (tertiary/aromatic N) is 1. The Morgan fingerprint density at radius 2 is 1.81 bits per heavy atom. The number of ether oxygens (including phenoxy) is 2. The number of nitrogens with one attached hydrogen (secondary N) is 1. The molecule has 7 nitrogen and oxygen atoms in total. The molecule has 0 radical (unpaired) electrons. The average molecular weight is 298 g/mol. The minimum atomic E-state index is -0.623. The van der Waals surface area contributed by atoms with Gasteiger partial charge in [-0.1, -0.05) is 19.3 Å². The lowest BCUT2D eigenvalue weighted by Crippen LogP contribution is -2.29. The third-order valence-electron chi connectivity index (χ3n) is 3.14. The van der Waals surface area contributed by atoms with Gasteiger partial charge in [0.15, 0.2) is 0 Å². The Kier molecular flexibility index (Phi) is 7.42. The van der Waals surface area contributed by atoms with Crippen LogP contribution < -0.4 is 5.43 Å². The molecule has 0 unspecified atom stereocenters. The van der Waals surface area contributed by atoms with Gasteiger partial charge in [-0.2, -0.15) is 5.10 Å². The molecule has 0 saturated heterocycles. The molecule has 1 rings (SSSR count). The molecule has 1 amide bonds. The molecule has 1 fully saturated rings. The van der Waals surface area contributed by atoms with E-state index in [4.69, 9.17) is 4.74 Å². The van der Waals surface area contributed by atoms with Gasteiger partial charge in [0.05, 0.1) is 13.2 Å². The van der Waals surface area contributed by atoms with Crippen LogP contribution in [0.15, 0.2) is 5.10 Å². The second-order valence-corrected chi connectivity index (χ2v) is 4.80. The summed E-state index contributed by atoms with van der Waals surface area (Å²) in [4.78, 5) is 34.4. The summed E-state index contributed by atoms with van der Waals surface area (Å²) in [5.74, 6) is -1.35. The van der Waals surface area contributed by atoms with E-state index >= 15 is 0 Å². The average Bonchev–Trinajstić information content (AvgIpc) is 2.37. The fraction of sp³-hybridized carbons (Fsp3) is 0.714. The minimum absolute atomic E-state index is 0.193. The number of carbonyl (C=O) groups excluding carboxylic acids is 3. The number of hydrogen-bond donors (Lipinski definition) is 1. The van der Waals surface area contributed by atoms with Crippen LogP contribution >= 0.6 is 0 Å². The highest BCUT2D eigenvalue weighted by atomic mass is 16.5. The maximum atomic E-state index is 11.8. The number of rotatable bonds is 8. The van der Waals surface area contributed by atoms with E-state index in [9.17, 15) is 14.4 Å². The Morgan fingerprint density at radius 1 is 1.14 bits per heavy atom. The van der Waals surface area contributed by atoms with Crippen LogP contribution in [0, 0.1) is 5.92 Å². The maximum absolute atomic E-state index is 11.8. The monoisotopic (exact) mass is 298 g/mol. The van der Waals surface area contributed by atoms with Crippen molar-refractivity contribution in [1.29, 1.82) is 0 Å². The Bertz CT molecular complexity index is 416. The van der Waals surface area contributed by atoms with Crippen LogP contribution in [0.3, 0.4) is 0 Å². The fourth-order valence-corrected chi connectivity index (χ4v) is 1.87. The van der Waals surface area contributed by atoms with Crippen molar-refractivity contribution in [1.82, 2.24) is 5.43 Å². The molecular weight excluding hydrogens is 276 g/mol. The molecule has 1 aliphatic rings. The quantitative estimate of drug-likeness (QED) is 0.314. The molecule has 1 aliphatic carbocycles. The van der Waals surface area contributed by atoms with Gasteiger partial charge in [-0.05, 0) is 19.8 Å². The largest absolute Gasteiger partial charge is 0.466 e. The molecule has 0 aromatic carbocycles. The van der Waals surface area contributed by atoms with Crippen LogP contribution in [0.4, 0.5) is 0 Å². The molecule has 0 aromatic rings. The van der Waals surface area contributed by atoms with Gasteiger partial charge < -0.3 is 9.47 Å². The van der Waals surface area contributed by atoms with Crippen LogP contribution in [0.25, 0.3) is 0 Å². The van der Waals surface area contributed by atoms with E-state index in [1.807, 2.05) is 0 Å². The van der Waals surface area contributed by atoms with Gasteiger partial charge >= 0.3 is 11.9 Å². The topological polar surface area (TPSA) is 94.1 Å². The van der Waals surface area contributed by atoms with Gasteiger partial charge in [-0.15, -0.1) is 0 Å². The molecule has 0 atom stereocenters. The van der Waals surface area contributed by atoms with Crippen molar-refractivity contribution < 1.29 is 23.9 Å². The summed E-state index contributed by atoms with van der Waals surface area (Å²) in [7, 11) is 0. The normalized spacial score (nSPS) is 15.0. The SMILES string of the molecule is CCOC(=O)CC(=O)N/N=C(\CC1CCC1)C(=O)OCC. The lowest BCUT2D eigenvalue weighted by molar-refractivity contribution is -0.146. The first-order chi connectivity index (χ1) is 10.1. The van der Waals surface area contributed by atoms with Gasteiger partial charge in [0.1, 0.15) is 12.1 Å². The van der Waals surface area contributed by atoms with Crippen molar-refractivity contribution in [3.05, 3.63) is 0 Å². The van der Waals surface area contributed by atoms with Gasteiger partial charge in [-0.3, -0.25) is 9.59 Å². The summed E-state index contributed by atoms with van der Waals surface area (Å²) in [6, 6.07) is 0. The number of hydrazone groups is 1. The zero-order valence-corrected chi connectivity index (χ0v) is 12.5. The van der Waals surface area contributed by atoms with Gasteiger partial charge in [-0.25, -0.2) is 10.2 Å². The molecule has 1 saturated carbocycles. The Labute approximate surface area is 124 Å². The molecule has 0 spiro atoms. The first-order valence-corrected chi connectivity index (χ1v) is 7.24. The lowest BCUT2D eigenvalue weighted by Gasteiger charge is -2.25. The summed E-state index contributed by atoms with van der Waals surface area (Å²) in [5.41, 5.74) is 2.41. The van der Waals surface area contributed by atoms with E-state index in [1.54, 1.807) is 13.8 Å². The molecule has 0 heterocycles. The highest BCUT2D eigenvalue weighted by Gasteiger charge is 2.24. The van der Waals surface area contributed by atoms with E-state index in [0.29, 0.717) is 12.3 Å². The van der Waals surface area contributed by atoms with E-state index in [1.165, 1.54) is 0 Å². The van der Waals surface area contributed by atoms with Gasteiger partial charge in [0.2, 0.25) is 0 Å². The number of esters is 2. The molecule has 1 N–H and O–H groups in total. The third-order valence-corrected chi connectivity index (χ3v) is 3.14. The van der Waals surface area contributed by atoms with Crippen molar-refractivity contribution >= 4 is 23.6 Å². The molecule has 21 heavy (non-hydrogen) atoms. The van der Waals surface area contributed by atoms with Crippen LogP contribution in [0.2, 0.25) is 0 Å². The number of hydrogen-bond acceptors (Lipinski definition) is 6. The summed E-state index contributed by atoms with van der Waals surface area (Å²) in [6.07, 6.45) is 3.32. The lowest BCUT2D eigenvalue weighted by atomic mass is 9.81. The molecular formula is C14H22N2O5. The highest BCUT2D eigenvalue weighted by Crippen LogP contribution is 2.29. The standard InChI is InChI=1S/C14H22N2O5/c1-3-20-13(18)9-12(17)16-15-11(14(19)21-4-2)8-10-6-5-7-10/h10H,3-9H2,1-2H3,(H,16,17)/b15-11+.